The third-order valence-corrected chi connectivity index (χ3v) is 4.75. The van der Waals surface area contributed by atoms with Gasteiger partial charge in [0, 0.05) is 12.8 Å². The highest BCUT2D eigenvalue weighted by Gasteiger charge is 2.44. The van der Waals surface area contributed by atoms with E-state index < -0.39 is 9.84 Å². The predicted molar refractivity (Wildman–Crippen MR) is 68.3 cm³/mol. The lowest BCUT2D eigenvalue weighted by atomic mass is 10.0. The SMILES string of the molecule is CCC(CC)CNCC1(CS(C)(=O)=O)CC1. The summed E-state index contributed by atoms with van der Waals surface area (Å²) >= 11 is 0. The molecule has 0 radical (unpaired) electrons. The maximum absolute atomic E-state index is 11.3. The molecule has 3 nitrogen and oxygen atoms in total. The molecule has 0 saturated heterocycles. The molecular weight excluding hydrogens is 222 g/mol. The number of nitrogens with one attached hydrogen (secondary N) is 1. The van der Waals surface area contributed by atoms with Crippen molar-refractivity contribution in [3.05, 3.63) is 0 Å². The molecule has 0 atom stereocenters. The van der Waals surface area contributed by atoms with Crippen molar-refractivity contribution in [2.24, 2.45) is 11.3 Å². The van der Waals surface area contributed by atoms with E-state index in [2.05, 4.69) is 19.2 Å². The molecule has 1 saturated carbocycles. The first-order chi connectivity index (χ1) is 7.41. The molecule has 4 heteroatoms. The molecule has 0 unspecified atom stereocenters. The second kappa shape index (κ2) is 5.50. The maximum atomic E-state index is 11.3. The van der Waals surface area contributed by atoms with E-state index in [0.29, 0.717) is 5.75 Å². The van der Waals surface area contributed by atoms with E-state index in [1.165, 1.54) is 19.1 Å². The van der Waals surface area contributed by atoms with Crippen molar-refractivity contribution in [3.63, 3.8) is 0 Å². The molecule has 0 aromatic carbocycles. The highest BCUT2D eigenvalue weighted by Crippen LogP contribution is 2.46. The zero-order chi connectivity index (χ0) is 12.2. The van der Waals surface area contributed by atoms with Gasteiger partial charge >= 0.3 is 0 Å². The average molecular weight is 247 g/mol. The van der Waals surface area contributed by atoms with Gasteiger partial charge in [-0.15, -0.1) is 0 Å². The van der Waals surface area contributed by atoms with Crippen molar-refractivity contribution in [1.82, 2.24) is 5.32 Å². The Bertz CT molecular complexity index is 303. The smallest absolute Gasteiger partial charge is 0.148 e. The summed E-state index contributed by atoms with van der Waals surface area (Å²) in [5, 5.41) is 3.45. The first-order valence-corrected chi connectivity index (χ1v) is 8.35. The Balaban J connectivity index is 2.27. The maximum Gasteiger partial charge on any atom is 0.148 e. The molecule has 0 bridgehead atoms. The van der Waals surface area contributed by atoms with Crippen LogP contribution >= 0.6 is 0 Å². The monoisotopic (exact) mass is 247 g/mol. The Morgan fingerprint density at radius 3 is 2.19 bits per heavy atom. The van der Waals surface area contributed by atoms with Crippen LogP contribution in [0.3, 0.4) is 0 Å². The van der Waals surface area contributed by atoms with Crippen LogP contribution in [-0.2, 0) is 9.84 Å². The molecule has 16 heavy (non-hydrogen) atoms. The van der Waals surface area contributed by atoms with Crippen molar-refractivity contribution >= 4 is 9.84 Å². The fourth-order valence-electron chi connectivity index (χ4n) is 2.22. The minimum Gasteiger partial charge on any atom is -0.316 e. The average Bonchev–Trinajstić information content (AvgIpc) is 2.90. The molecule has 0 heterocycles. The van der Waals surface area contributed by atoms with Crippen LogP contribution in [0.1, 0.15) is 39.5 Å². The molecule has 1 fully saturated rings. The van der Waals surface area contributed by atoms with Crippen LogP contribution in [0.25, 0.3) is 0 Å². The normalized spacial score (nSPS) is 19.0. The topological polar surface area (TPSA) is 46.2 Å². The zero-order valence-corrected chi connectivity index (χ0v) is 11.6. The van der Waals surface area contributed by atoms with E-state index in [1.54, 1.807) is 0 Å². The van der Waals surface area contributed by atoms with Crippen LogP contribution in [-0.4, -0.2) is 33.5 Å². The Morgan fingerprint density at radius 1 is 1.25 bits per heavy atom. The zero-order valence-electron chi connectivity index (χ0n) is 10.8. The molecule has 0 aromatic heterocycles. The minimum absolute atomic E-state index is 0.0691. The second-order valence-electron chi connectivity index (χ2n) is 5.38. The van der Waals surface area contributed by atoms with Crippen LogP contribution in [0.15, 0.2) is 0 Å². The largest absolute Gasteiger partial charge is 0.316 e. The van der Waals surface area contributed by atoms with Gasteiger partial charge in [0.1, 0.15) is 9.84 Å². The number of hydrogen-bond donors (Lipinski definition) is 1. The minimum atomic E-state index is -2.82. The molecule has 1 rings (SSSR count). The van der Waals surface area contributed by atoms with Gasteiger partial charge in [0.25, 0.3) is 0 Å². The first-order valence-electron chi connectivity index (χ1n) is 6.29. The van der Waals surface area contributed by atoms with Crippen molar-refractivity contribution < 1.29 is 8.42 Å². The van der Waals surface area contributed by atoms with Crippen molar-refractivity contribution in [2.75, 3.05) is 25.1 Å². The quantitative estimate of drug-likeness (QED) is 0.712. The van der Waals surface area contributed by atoms with E-state index in [9.17, 15) is 8.42 Å². The Labute approximate surface area is 99.9 Å². The summed E-state index contributed by atoms with van der Waals surface area (Å²) in [6.45, 7) is 6.31. The van der Waals surface area contributed by atoms with Crippen LogP contribution in [0.2, 0.25) is 0 Å². The van der Waals surface area contributed by atoms with Crippen molar-refractivity contribution in [1.29, 1.82) is 0 Å². The summed E-state index contributed by atoms with van der Waals surface area (Å²) in [6.07, 6.45) is 5.87. The fraction of sp³-hybridized carbons (Fsp3) is 1.00. The van der Waals surface area contributed by atoms with Gasteiger partial charge in [0.05, 0.1) is 5.75 Å². The highest BCUT2D eigenvalue weighted by atomic mass is 32.2. The van der Waals surface area contributed by atoms with Gasteiger partial charge in [-0.2, -0.15) is 0 Å². The summed E-state index contributed by atoms with van der Waals surface area (Å²) in [5.41, 5.74) is 0.0691. The van der Waals surface area contributed by atoms with Crippen LogP contribution < -0.4 is 5.32 Å². The molecule has 1 N–H and O–H groups in total. The molecular formula is C12H25NO2S. The van der Waals surface area contributed by atoms with Gasteiger partial charge in [-0.05, 0) is 30.7 Å². The third kappa shape index (κ3) is 4.83. The summed E-state index contributed by atoms with van der Waals surface area (Å²) in [4.78, 5) is 0. The fourth-order valence-corrected chi connectivity index (χ4v) is 3.73. The Morgan fingerprint density at radius 2 is 1.81 bits per heavy atom. The molecule has 0 amide bonds. The predicted octanol–water partition coefficient (Wildman–Crippen LogP) is 1.84. The van der Waals surface area contributed by atoms with Crippen molar-refractivity contribution in [2.45, 2.75) is 39.5 Å². The molecule has 0 aliphatic heterocycles. The highest BCUT2D eigenvalue weighted by molar-refractivity contribution is 7.90. The lowest BCUT2D eigenvalue weighted by Gasteiger charge is -2.18. The standard InChI is InChI=1S/C12H25NO2S/c1-4-11(5-2)8-13-9-12(6-7-12)10-16(3,14)15/h11,13H,4-10H2,1-3H3. The molecule has 0 spiro atoms. The Kier molecular flexibility index (Phi) is 4.80. The lowest BCUT2D eigenvalue weighted by Crippen LogP contribution is -2.32. The molecule has 1 aliphatic rings. The summed E-state index contributed by atoms with van der Waals surface area (Å²) < 4.78 is 22.5. The number of hydrogen-bond acceptors (Lipinski definition) is 3. The number of rotatable bonds is 8. The summed E-state index contributed by atoms with van der Waals surface area (Å²) in [5.74, 6) is 1.09. The van der Waals surface area contributed by atoms with E-state index in [4.69, 9.17) is 0 Å². The third-order valence-electron chi connectivity index (χ3n) is 3.61. The summed E-state index contributed by atoms with van der Waals surface area (Å²) in [7, 11) is -2.82. The van der Waals surface area contributed by atoms with Gasteiger partial charge in [-0.25, -0.2) is 8.42 Å². The van der Waals surface area contributed by atoms with Gasteiger partial charge in [-0.1, -0.05) is 26.7 Å². The second-order valence-corrected chi connectivity index (χ2v) is 7.52. The lowest BCUT2D eigenvalue weighted by molar-refractivity contribution is 0.413. The van der Waals surface area contributed by atoms with Crippen LogP contribution in [0.5, 0.6) is 0 Å². The molecule has 96 valence electrons. The van der Waals surface area contributed by atoms with Gasteiger partial charge in [0.2, 0.25) is 0 Å². The van der Waals surface area contributed by atoms with E-state index in [0.717, 1.165) is 31.8 Å². The van der Waals surface area contributed by atoms with E-state index >= 15 is 0 Å². The van der Waals surface area contributed by atoms with Crippen molar-refractivity contribution in [3.8, 4) is 0 Å². The van der Waals surface area contributed by atoms with Crippen LogP contribution in [0.4, 0.5) is 0 Å². The van der Waals surface area contributed by atoms with Crippen LogP contribution in [0, 0.1) is 11.3 Å². The molecule has 0 aromatic rings. The van der Waals surface area contributed by atoms with E-state index in [1.807, 2.05) is 0 Å². The van der Waals surface area contributed by atoms with E-state index in [-0.39, 0.29) is 5.41 Å². The van der Waals surface area contributed by atoms with Gasteiger partial charge < -0.3 is 5.32 Å². The first kappa shape index (κ1) is 14.0. The summed E-state index contributed by atoms with van der Waals surface area (Å²) in [6, 6.07) is 0. The molecule has 1 aliphatic carbocycles. The Hall–Kier alpha value is -0.0900. The van der Waals surface area contributed by atoms with Gasteiger partial charge in [0.15, 0.2) is 0 Å². The number of sulfone groups is 1. The van der Waals surface area contributed by atoms with Gasteiger partial charge in [-0.3, -0.25) is 0 Å².